The Morgan fingerprint density at radius 1 is 1.24 bits per heavy atom. The Bertz CT molecular complexity index is 371. The second-order valence-corrected chi connectivity index (χ2v) is 6.49. The second kappa shape index (κ2) is 7.66. The minimum Gasteiger partial charge on any atom is -0.352 e. The monoisotopic (exact) mass is 295 g/mol. The van der Waals surface area contributed by atoms with Gasteiger partial charge in [-0.3, -0.25) is 4.79 Å². The smallest absolute Gasteiger partial charge is 0.312 e. The van der Waals surface area contributed by atoms with E-state index in [-0.39, 0.29) is 5.91 Å². The lowest BCUT2D eigenvalue weighted by Crippen LogP contribution is -2.56. The number of fused-ring (bicyclic) bond motifs is 1. The van der Waals surface area contributed by atoms with Crippen LogP contribution in [0.15, 0.2) is 0 Å². The zero-order chi connectivity index (χ0) is 15.2. The maximum atomic E-state index is 12.9. The average Bonchev–Trinajstić information content (AvgIpc) is 2.50. The van der Waals surface area contributed by atoms with E-state index < -0.39 is 12.1 Å². The highest BCUT2D eigenvalue weighted by atomic mass is 16.2. The van der Waals surface area contributed by atoms with Crippen molar-refractivity contribution in [3.8, 4) is 0 Å². The highest BCUT2D eigenvalue weighted by molar-refractivity contribution is 5.86. The number of urea groups is 1. The van der Waals surface area contributed by atoms with Gasteiger partial charge in [0.2, 0.25) is 5.91 Å². The van der Waals surface area contributed by atoms with Gasteiger partial charge in [0.1, 0.15) is 6.04 Å². The molecule has 5 nitrogen and oxygen atoms in total. The van der Waals surface area contributed by atoms with Gasteiger partial charge in [-0.05, 0) is 38.0 Å². The summed E-state index contributed by atoms with van der Waals surface area (Å²) in [6, 6.07) is -0.649. The number of hydrogen-bond donors (Lipinski definition) is 2. The molecule has 0 spiro atoms. The van der Waals surface area contributed by atoms with E-state index in [2.05, 4.69) is 12.2 Å². The van der Waals surface area contributed by atoms with Crippen LogP contribution in [0.1, 0.15) is 64.7 Å². The molecule has 0 aromatic carbocycles. The predicted octanol–water partition coefficient (Wildman–Crippen LogP) is 2.39. The van der Waals surface area contributed by atoms with E-state index in [9.17, 15) is 9.59 Å². The maximum Gasteiger partial charge on any atom is 0.312 e. The number of nitrogens with one attached hydrogen (secondary N) is 1. The Morgan fingerprint density at radius 3 is 2.67 bits per heavy atom. The Balaban J connectivity index is 2.04. The summed E-state index contributed by atoms with van der Waals surface area (Å²) in [6.45, 7) is 2.92. The van der Waals surface area contributed by atoms with Gasteiger partial charge in [-0.15, -0.1) is 0 Å². The number of piperidine rings is 1. The third-order valence-electron chi connectivity index (χ3n) is 4.99. The molecular weight excluding hydrogens is 266 g/mol. The molecule has 1 aliphatic carbocycles. The van der Waals surface area contributed by atoms with Crippen LogP contribution in [0, 0.1) is 5.92 Å². The third-order valence-corrected chi connectivity index (χ3v) is 4.99. The summed E-state index contributed by atoms with van der Waals surface area (Å²) in [5.74, 6) is 0.746. The van der Waals surface area contributed by atoms with E-state index in [1.807, 2.05) is 4.90 Å². The van der Waals surface area contributed by atoms with Crippen molar-refractivity contribution in [2.24, 2.45) is 11.7 Å². The molecule has 120 valence electrons. The number of unbranched alkanes of at least 4 members (excludes halogenated alkanes) is 1. The Labute approximate surface area is 127 Å². The van der Waals surface area contributed by atoms with Crippen LogP contribution in [0.2, 0.25) is 0 Å². The van der Waals surface area contributed by atoms with E-state index in [4.69, 9.17) is 5.73 Å². The van der Waals surface area contributed by atoms with Crippen LogP contribution in [0.5, 0.6) is 0 Å². The third kappa shape index (κ3) is 4.11. The zero-order valence-corrected chi connectivity index (χ0v) is 13.1. The number of rotatable bonds is 5. The van der Waals surface area contributed by atoms with Crippen molar-refractivity contribution in [3.05, 3.63) is 0 Å². The minimum atomic E-state index is -0.596. The van der Waals surface area contributed by atoms with Crippen LogP contribution < -0.4 is 11.1 Å². The lowest BCUT2D eigenvalue weighted by molar-refractivity contribution is -0.139. The summed E-state index contributed by atoms with van der Waals surface area (Å²) in [7, 11) is 0. The molecule has 0 radical (unpaired) electrons. The average molecular weight is 295 g/mol. The predicted molar refractivity (Wildman–Crippen MR) is 82.7 cm³/mol. The lowest BCUT2D eigenvalue weighted by Gasteiger charge is -2.45. The molecule has 0 aromatic heterocycles. The van der Waals surface area contributed by atoms with Crippen molar-refractivity contribution in [1.29, 1.82) is 0 Å². The summed E-state index contributed by atoms with van der Waals surface area (Å²) in [6.07, 6.45) is 9.84. The van der Waals surface area contributed by atoms with Crippen molar-refractivity contribution in [2.45, 2.75) is 76.8 Å². The van der Waals surface area contributed by atoms with Gasteiger partial charge in [0, 0.05) is 12.6 Å². The first-order valence-electron chi connectivity index (χ1n) is 8.50. The molecule has 2 rings (SSSR count). The van der Waals surface area contributed by atoms with Crippen LogP contribution in [-0.4, -0.2) is 35.5 Å². The summed E-state index contributed by atoms with van der Waals surface area (Å²) >= 11 is 0. The molecular formula is C16H29N3O2. The molecule has 0 bridgehead atoms. The molecule has 1 aliphatic heterocycles. The number of hydrogen-bond acceptors (Lipinski definition) is 2. The highest BCUT2D eigenvalue weighted by Gasteiger charge is 2.37. The van der Waals surface area contributed by atoms with E-state index >= 15 is 0 Å². The molecule has 5 heteroatoms. The summed E-state index contributed by atoms with van der Waals surface area (Å²) in [5.41, 5.74) is 5.24. The van der Waals surface area contributed by atoms with Crippen LogP contribution in [0.25, 0.3) is 0 Å². The standard InChI is InChI=1S/C16H29N3O2/c1-2-3-9-13(18-16(17)21)15(20)19-11-6-8-12-7-4-5-10-14(12)19/h12-14H,2-11H2,1H3,(H3,17,18,21)/t12-,13-,14-/m0/s1. The van der Waals surface area contributed by atoms with Crippen LogP contribution >= 0.6 is 0 Å². The van der Waals surface area contributed by atoms with Gasteiger partial charge in [-0.2, -0.15) is 0 Å². The molecule has 21 heavy (non-hydrogen) atoms. The van der Waals surface area contributed by atoms with Gasteiger partial charge < -0.3 is 16.0 Å². The van der Waals surface area contributed by atoms with Crippen molar-refractivity contribution < 1.29 is 9.59 Å². The topological polar surface area (TPSA) is 75.4 Å². The van der Waals surface area contributed by atoms with Crippen molar-refractivity contribution in [3.63, 3.8) is 0 Å². The van der Waals surface area contributed by atoms with Gasteiger partial charge in [0.25, 0.3) is 0 Å². The summed E-state index contributed by atoms with van der Waals surface area (Å²) < 4.78 is 0. The molecule has 0 aromatic rings. The molecule has 3 N–H and O–H groups in total. The number of nitrogens with zero attached hydrogens (tertiary/aromatic N) is 1. The van der Waals surface area contributed by atoms with E-state index in [1.54, 1.807) is 0 Å². The van der Waals surface area contributed by atoms with Crippen LogP contribution in [0.3, 0.4) is 0 Å². The molecule has 3 atom stereocenters. The fourth-order valence-corrected chi connectivity index (χ4v) is 3.94. The van der Waals surface area contributed by atoms with E-state index in [0.29, 0.717) is 18.4 Å². The number of nitrogens with two attached hydrogens (primary N) is 1. The number of amides is 3. The van der Waals surface area contributed by atoms with Crippen LogP contribution in [0.4, 0.5) is 4.79 Å². The largest absolute Gasteiger partial charge is 0.352 e. The Kier molecular flexibility index (Phi) is 5.88. The normalized spacial score (nSPS) is 26.8. The van der Waals surface area contributed by atoms with E-state index in [0.717, 1.165) is 32.2 Å². The molecule has 3 amide bonds. The van der Waals surface area contributed by atoms with Crippen LogP contribution in [-0.2, 0) is 4.79 Å². The molecule has 1 saturated carbocycles. The number of likely N-dealkylation sites (tertiary alicyclic amines) is 1. The van der Waals surface area contributed by atoms with Gasteiger partial charge in [-0.25, -0.2) is 4.79 Å². The highest BCUT2D eigenvalue weighted by Crippen LogP contribution is 2.35. The van der Waals surface area contributed by atoms with Gasteiger partial charge in [0.15, 0.2) is 0 Å². The first-order valence-corrected chi connectivity index (χ1v) is 8.50. The Hall–Kier alpha value is -1.26. The first-order chi connectivity index (χ1) is 10.1. The molecule has 1 saturated heterocycles. The second-order valence-electron chi connectivity index (χ2n) is 6.49. The molecule has 1 heterocycles. The van der Waals surface area contributed by atoms with Crippen molar-refractivity contribution in [2.75, 3.05) is 6.54 Å². The molecule has 2 aliphatic rings. The molecule has 2 fully saturated rings. The fraction of sp³-hybridized carbons (Fsp3) is 0.875. The fourth-order valence-electron chi connectivity index (χ4n) is 3.94. The number of carbonyl (C=O) groups is 2. The van der Waals surface area contributed by atoms with Crippen molar-refractivity contribution >= 4 is 11.9 Å². The van der Waals surface area contributed by atoms with Gasteiger partial charge >= 0.3 is 6.03 Å². The molecule has 0 unspecified atom stereocenters. The first kappa shape index (κ1) is 16.1. The zero-order valence-electron chi connectivity index (χ0n) is 13.1. The van der Waals surface area contributed by atoms with Crippen molar-refractivity contribution in [1.82, 2.24) is 10.2 Å². The van der Waals surface area contributed by atoms with Gasteiger partial charge in [0.05, 0.1) is 0 Å². The minimum absolute atomic E-state index is 0.0823. The van der Waals surface area contributed by atoms with E-state index in [1.165, 1.54) is 25.7 Å². The summed E-state index contributed by atoms with van der Waals surface area (Å²) in [4.78, 5) is 26.1. The quantitative estimate of drug-likeness (QED) is 0.817. The SMILES string of the molecule is CCCC[C@H](NC(N)=O)C(=O)N1CCC[C@@H]2CCCC[C@@H]21. The maximum absolute atomic E-state index is 12.9. The number of carbonyl (C=O) groups excluding carboxylic acids is 2. The summed E-state index contributed by atoms with van der Waals surface area (Å²) in [5, 5.41) is 2.65. The lowest BCUT2D eigenvalue weighted by atomic mass is 9.78. The number of primary amides is 1. The van der Waals surface area contributed by atoms with Gasteiger partial charge in [-0.1, -0.05) is 32.6 Å². The Morgan fingerprint density at radius 2 is 1.95 bits per heavy atom.